The molecule has 4 rings (SSSR count). The van der Waals surface area contributed by atoms with Crippen molar-refractivity contribution in [3.8, 4) is 5.75 Å². The van der Waals surface area contributed by atoms with E-state index in [0.29, 0.717) is 43.4 Å². The van der Waals surface area contributed by atoms with Gasteiger partial charge in [-0.15, -0.1) is 0 Å². The maximum absolute atomic E-state index is 13.1. The van der Waals surface area contributed by atoms with E-state index in [4.69, 9.17) is 9.84 Å². The molecule has 2 bridgehead atoms. The molecule has 0 radical (unpaired) electrons. The van der Waals surface area contributed by atoms with Crippen LogP contribution in [-0.2, 0) is 4.79 Å². The molecule has 0 aromatic heterocycles. The summed E-state index contributed by atoms with van der Waals surface area (Å²) in [5, 5.41) is 24.8. The number of hydrogen-bond donors (Lipinski definition) is 4. The molecule has 1 aromatic carbocycles. The highest BCUT2D eigenvalue weighted by atomic mass is 19.1. The molecule has 8 heteroatoms. The summed E-state index contributed by atoms with van der Waals surface area (Å²) < 4.78 is 18.6. The summed E-state index contributed by atoms with van der Waals surface area (Å²) in [6.45, 7) is 1.49. The number of carbonyl (C=O) groups is 2. The van der Waals surface area contributed by atoms with E-state index in [-0.39, 0.29) is 18.3 Å². The molecule has 142 valence electrons. The van der Waals surface area contributed by atoms with Crippen molar-refractivity contribution in [3.63, 3.8) is 0 Å². The second-order valence-electron chi connectivity index (χ2n) is 7.33. The third kappa shape index (κ3) is 3.60. The van der Waals surface area contributed by atoms with Gasteiger partial charge in [0.15, 0.2) is 6.61 Å². The molecule has 1 aromatic rings. The predicted molar refractivity (Wildman–Crippen MR) is 90.5 cm³/mol. The summed E-state index contributed by atoms with van der Waals surface area (Å²) >= 11 is 0. The van der Waals surface area contributed by atoms with E-state index in [2.05, 4.69) is 10.6 Å². The Morgan fingerprint density at radius 1 is 1.27 bits per heavy atom. The summed E-state index contributed by atoms with van der Waals surface area (Å²) in [5.41, 5.74) is -0.758. The molecule has 3 saturated carbocycles. The summed E-state index contributed by atoms with van der Waals surface area (Å²) in [6, 6.07) is 4.08. The maximum atomic E-state index is 13.1. The zero-order chi connectivity index (χ0) is 18.9. The topological polar surface area (TPSA) is 108 Å². The van der Waals surface area contributed by atoms with Gasteiger partial charge in [0.05, 0.1) is 11.6 Å². The zero-order valence-electron chi connectivity index (χ0n) is 14.5. The van der Waals surface area contributed by atoms with E-state index >= 15 is 0 Å². The molecule has 0 spiro atoms. The lowest BCUT2D eigenvalue weighted by Gasteiger charge is -2.55. The molecule has 1 atom stereocenters. The van der Waals surface area contributed by atoms with Crippen LogP contribution in [0.2, 0.25) is 0 Å². The molecule has 0 aliphatic heterocycles. The van der Waals surface area contributed by atoms with Crippen LogP contribution in [0.4, 0.5) is 9.18 Å². The Morgan fingerprint density at radius 3 is 2.54 bits per heavy atom. The van der Waals surface area contributed by atoms with Gasteiger partial charge in [-0.2, -0.15) is 0 Å². The van der Waals surface area contributed by atoms with Crippen molar-refractivity contribution in [3.05, 3.63) is 29.6 Å². The van der Waals surface area contributed by atoms with Crippen LogP contribution in [-0.4, -0.2) is 46.0 Å². The fourth-order valence-electron chi connectivity index (χ4n) is 4.12. The minimum absolute atomic E-state index is 0.206. The molecule has 3 aliphatic carbocycles. The number of fused-ring (bicyclic) bond motifs is 3. The van der Waals surface area contributed by atoms with Crippen molar-refractivity contribution in [1.82, 2.24) is 10.6 Å². The Kier molecular flexibility index (Phi) is 4.79. The summed E-state index contributed by atoms with van der Waals surface area (Å²) in [5.74, 6) is -0.243. The Labute approximate surface area is 150 Å². The monoisotopic (exact) mass is 366 g/mol. The highest BCUT2D eigenvalue weighted by Gasteiger charge is 2.55. The van der Waals surface area contributed by atoms with Crippen molar-refractivity contribution in [2.75, 3.05) is 6.61 Å². The number of aryl methyl sites for hydroxylation is 1. The number of aliphatic hydroxyl groups excluding tert-OH is 1. The number of amides is 2. The fourth-order valence-corrected chi connectivity index (χ4v) is 4.12. The van der Waals surface area contributed by atoms with Crippen molar-refractivity contribution in [2.24, 2.45) is 0 Å². The van der Waals surface area contributed by atoms with E-state index in [1.165, 1.54) is 18.2 Å². The molecule has 7 nitrogen and oxygen atoms in total. The van der Waals surface area contributed by atoms with Crippen molar-refractivity contribution in [1.29, 1.82) is 0 Å². The first kappa shape index (κ1) is 18.4. The molecular weight excluding hydrogens is 343 g/mol. The molecule has 26 heavy (non-hydrogen) atoms. The Hall–Kier alpha value is -2.35. The van der Waals surface area contributed by atoms with E-state index in [0.717, 1.165) is 0 Å². The van der Waals surface area contributed by atoms with Gasteiger partial charge in [-0.1, -0.05) is 0 Å². The van der Waals surface area contributed by atoms with Crippen LogP contribution >= 0.6 is 0 Å². The molecule has 4 N–H and O–H groups in total. The largest absolute Gasteiger partial charge is 0.484 e. The van der Waals surface area contributed by atoms with E-state index < -0.39 is 23.3 Å². The van der Waals surface area contributed by atoms with Gasteiger partial charge in [0.1, 0.15) is 11.6 Å². The Morgan fingerprint density at radius 2 is 1.96 bits per heavy atom. The van der Waals surface area contributed by atoms with Gasteiger partial charge in [-0.05, 0) is 62.8 Å². The van der Waals surface area contributed by atoms with Gasteiger partial charge >= 0.3 is 6.09 Å². The van der Waals surface area contributed by atoms with Gasteiger partial charge < -0.3 is 25.6 Å². The fraction of sp³-hybridized carbons (Fsp3) is 0.556. The Balaban J connectivity index is 1.58. The molecule has 3 fully saturated rings. The first-order valence-corrected chi connectivity index (χ1v) is 8.63. The quantitative estimate of drug-likeness (QED) is 0.635. The van der Waals surface area contributed by atoms with Crippen LogP contribution < -0.4 is 15.4 Å². The molecule has 1 unspecified atom stereocenters. The second kappa shape index (κ2) is 6.75. The number of halogens is 1. The molecule has 0 saturated heterocycles. The van der Waals surface area contributed by atoms with Gasteiger partial charge in [-0.25, -0.2) is 9.18 Å². The molecule has 2 amide bonds. The van der Waals surface area contributed by atoms with Crippen LogP contribution in [0.1, 0.15) is 37.7 Å². The lowest BCUT2D eigenvalue weighted by atomic mass is 9.60. The van der Waals surface area contributed by atoms with Crippen LogP contribution in [0.25, 0.3) is 0 Å². The van der Waals surface area contributed by atoms with E-state index in [1.807, 2.05) is 0 Å². The standard InChI is InChI=1S/C18H23FN2O5/c1-11-8-12(19)2-3-13(11)26-10-15(23)20-17-4-6-18(7-5-17,14(22)9-17)21-16(24)25/h2-3,8,14,21-22H,4-7,9-10H2,1H3,(H,20,23)(H,24,25). The smallest absolute Gasteiger partial charge is 0.405 e. The maximum Gasteiger partial charge on any atom is 0.405 e. The van der Waals surface area contributed by atoms with Crippen LogP contribution in [0, 0.1) is 12.7 Å². The predicted octanol–water partition coefficient (Wildman–Crippen LogP) is 1.71. The van der Waals surface area contributed by atoms with Gasteiger partial charge in [0.25, 0.3) is 5.91 Å². The number of carbonyl (C=O) groups excluding carboxylic acids is 1. The Bertz CT molecular complexity index is 716. The molecular formula is C18H23FN2O5. The number of aliphatic hydroxyl groups is 1. The normalized spacial score (nSPS) is 29.9. The number of hydrogen-bond acceptors (Lipinski definition) is 4. The second-order valence-corrected chi connectivity index (χ2v) is 7.33. The third-order valence-electron chi connectivity index (χ3n) is 5.58. The lowest BCUT2D eigenvalue weighted by Crippen LogP contribution is -2.70. The van der Waals surface area contributed by atoms with Crippen LogP contribution in [0.5, 0.6) is 5.75 Å². The summed E-state index contributed by atoms with van der Waals surface area (Å²) in [6.07, 6.45) is 0.427. The van der Waals surface area contributed by atoms with Crippen molar-refractivity contribution in [2.45, 2.75) is 56.2 Å². The van der Waals surface area contributed by atoms with Crippen LogP contribution in [0.15, 0.2) is 18.2 Å². The lowest BCUT2D eigenvalue weighted by molar-refractivity contribution is -0.129. The first-order valence-electron chi connectivity index (χ1n) is 8.63. The average Bonchev–Trinajstić information content (AvgIpc) is 2.55. The van der Waals surface area contributed by atoms with Gasteiger partial charge in [-0.3, -0.25) is 4.79 Å². The number of carboxylic acid groups (broad SMARTS) is 1. The molecule has 0 heterocycles. The number of rotatable bonds is 5. The number of nitrogens with one attached hydrogen (secondary N) is 2. The minimum atomic E-state index is -1.15. The average molecular weight is 366 g/mol. The zero-order valence-corrected chi connectivity index (χ0v) is 14.5. The first-order chi connectivity index (χ1) is 12.2. The highest BCUT2D eigenvalue weighted by molar-refractivity contribution is 5.78. The van der Waals surface area contributed by atoms with E-state index in [9.17, 15) is 19.1 Å². The van der Waals surface area contributed by atoms with Crippen molar-refractivity contribution >= 4 is 12.0 Å². The number of benzene rings is 1. The minimum Gasteiger partial charge on any atom is -0.484 e. The summed E-state index contributed by atoms with van der Waals surface area (Å²) in [4.78, 5) is 23.3. The van der Waals surface area contributed by atoms with Crippen LogP contribution in [0.3, 0.4) is 0 Å². The molecule has 3 aliphatic rings. The SMILES string of the molecule is Cc1cc(F)ccc1OCC(=O)NC12CCC(NC(=O)O)(CC1)C(O)C2. The van der Waals surface area contributed by atoms with Gasteiger partial charge in [0, 0.05) is 5.54 Å². The third-order valence-corrected chi connectivity index (χ3v) is 5.58. The van der Waals surface area contributed by atoms with E-state index in [1.54, 1.807) is 6.92 Å². The highest BCUT2D eigenvalue weighted by Crippen LogP contribution is 2.47. The summed E-state index contributed by atoms with van der Waals surface area (Å²) in [7, 11) is 0. The van der Waals surface area contributed by atoms with Gasteiger partial charge in [0.2, 0.25) is 0 Å². The van der Waals surface area contributed by atoms with Crippen molar-refractivity contribution < 1.29 is 28.9 Å². The number of ether oxygens (including phenoxy) is 1.